The third-order valence-corrected chi connectivity index (χ3v) is 18.5. The first-order chi connectivity index (χ1) is 10.2. The molecule has 23 heavy (non-hydrogen) atoms. The predicted molar refractivity (Wildman–Crippen MR) is 101 cm³/mol. The Hall–Kier alpha value is 0.804. The Balaban J connectivity index is 4.98. The second-order valence-electron chi connectivity index (χ2n) is 6.63. The van der Waals surface area contributed by atoms with Gasteiger partial charge in [-0.2, -0.15) is 0 Å². The Morgan fingerprint density at radius 1 is 0.565 bits per heavy atom. The summed E-state index contributed by atoms with van der Waals surface area (Å²) in [4.78, 5) is 0. The van der Waals surface area contributed by atoms with Crippen LogP contribution in [0, 0.1) is 0 Å². The van der Waals surface area contributed by atoms with E-state index in [1.807, 2.05) is 26.2 Å². The van der Waals surface area contributed by atoms with Crippen LogP contribution in [-0.2, 0) is 29.7 Å². The summed E-state index contributed by atoms with van der Waals surface area (Å²) >= 11 is 0. The van der Waals surface area contributed by atoms with E-state index in [0.29, 0.717) is 0 Å². The van der Waals surface area contributed by atoms with Crippen LogP contribution in [0.3, 0.4) is 0 Å². The van der Waals surface area contributed by atoms with Gasteiger partial charge in [0.1, 0.15) is 0 Å². The molecule has 139 valence electrons. The number of rotatable bonds is 11. The van der Waals surface area contributed by atoms with Crippen LogP contribution in [0.25, 0.3) is 0 Å². The van der Waals surface area contributed by atoms with Gasteiger partial charge in [0.05, 0.1) is 0 Å². The van der Waals surface area contributed by atoms with Gasteiger partial charge in [-0.15, -0.1) is 0 Å². The van der Waals surface area contributed by atoms with Crippen molar-refractivity contribution in [1.29, 1.82) is 0 Å². The van der Waals surface area contributed by atoms with Gasteiger partial charge in [0.15, 0.2) is 9.04 Å². The Labute approximate surface area is 147 Å². The van der Waals surface area contributed by atoms with Crippen molar-refractivity contribution in [2.24, 2.45) is 0 Å². The van der Waals surface area contributed by atoms with Crippen LogP contribution in [-0.4, -0.2) is 65.1 Å². The van der Waals surface area contributed by atoms with E-state index in [-0.39, 0.29) is 0 Å². The van der Waals surface area contributed by atoms with Crippen molar-refractivity contribution in [2.75, 3.05) is 21.3 Å². The van der Waals surface area contributed by atoms with Crippen molar-refractivity contribution in [1.82, 2.24) is 0 Å². The van der Waals surface area contributed by atoms with Gasteiger partial charge in [-0.05, 0) is 52.4 Å². The first-order valence-electron chi connectivity index (χ1n) is 7.47. The maximum atomic E-state index is 6.30. The molecule has 0 bridgehead atoms. The summed E-state index contributed by atoms with van der Waals surface area (Å²) in [5.74, 6) is 0. The van der Waals surface area contributed by atoms with Crippen molar-refractivity contribution in [2.45, 2.75) is 52.4 Å². The molecule has 0 saturated heterocycles. The zero-order valence-corrected chi connectivity index (χ0v) is 21.4. The first-order valence-corrected chi connectivity index (χ1v) is 20.0. The Morgan fingerprint density at radius 3 is 1.26 bits per heavy atom. The molecule has 0 rings (SSSR count). The maximum Gasteiger partial charge on any atom is 0.669 e. The van der Waals surface area contributed by atoms with Crippen LogP contribution in [0.15, 0.2) is 0 Å². The Bertz CT molecular complexity index is 352. The van der Waals surface area contributed by atoms with Gasteiger partial charge in [0.2, 0.25) is 0 Å². The van der Waals surface area contributed by atoms with Gasteiger partial charge < -0.3 is 29.7 Å². The van der Waals surface area contributed by atoms with Crippen molar-refractivity contribution in [3.63, 3.8) is 0 Å². The molecule has 0 saturated carbocycles. The summed E-state index contributed by atoms with van der Waals surface area (Å²) in [6, 6.07) is 0. The lowest BCUT2D eigenvalue weighted by Crippen LogP contribution is -2.60. The average molecular weight is 418 g/mol. The summed E-state index contributed by atoms with van der Waals surface area (Å²) in [5, 5.41) is 0. The number of hydrogen-bond donors (Lipinski definition) is 0. The second-order valence-corrected chi connectivity index (χ2v) is 22.3. The lowest BCUT2D eigenvalue weighted by atomic mass is 11.8. The highest BCUT2D eigenvalue weighted by Gasteiger charge is 2.51. The maximum absolute atomic E-state index is 6.30. The Morgan fingerprint density at radius 2 is 0.913 bits per heavy atom. The normalized spacial score (nSPS) is 14.6. The van der Waals surface area contributed by atoms with Crippen LogP contribution in [0.4, 0.5) is 0 Å². The van der Waals surface area contributed by atoms with Gasteiger partial charge in [-0.25, -0.2) is 0 Å². The van der Waals surface area contributed by atoms with E-state index in [1.165, 1.54) is 21.3 Å². The molecule has 0 aliphatic rings. The first kappa shape index (κ1) is 23.8. The molecule has 0 aliphatic carbocycles. The molecular weight excluding hydrogens is 385 g/mol. The molecular formula is C11H33O7Si5. The molecule has 0 aliphatic heterocycles. The topological polar surface area (TPSA) is 64.6 Å². The fraction of sp³-hybridized carbons (Fsp3) is 1.00. The van der Waals surface area contributed by atoms with E-state index in [4.69, 9.17) is 29.7 Å². The van der Waals surface area contributed by atoms with Gasteiger partial charge in [-0.1, -0.05) is 0 Å². The standard InChI is InChI=1S/C11H33O7Si5/c1-12-23(13-2,14-3)18-22(10,11)17-21(8,9)16-20(6,7)15-19(4)5/h1-11H3. The fourth-order valence-electron chi connectivity index (χ4n) is 2.41. The molecule has 0 atom stereocenters. The van der Waals surface area contributed by atoms with Crippen molar-refractivity contribution in [3.05, 3.63) is 0 Å². The highest BCUT2D eigenvalue weighted by molar-refractivity contribution is 6.87. The second kappa shape index (κ2) is 8.95. The van der Waals surface area contributed by atoms with E-state index in [0.717, 1.165) is 0 Å². The van der Waals surface area contributed by atoms with Crippen LogP contribution in [0.1, 0.15) is 0 Å². The smallest absolute Gasteiger partial charge is 0.437 e. The summed E-state index contributed by atoms with van der Waals surface area (Å²) < 4.78 is 40.6. The van der Waals surface area contributed by atoms with Crippen LogP contribution >= 0.6 is 0 Å². The zero-order valence-electron chi connectivity index (χ0n) is 16.4. The van der Waals surface area contributed by atoms with E-state index in [1.54, 1.807) is 0 Å². The summed E-state index contributed by atoms with van der Waals surface area (Å²) in [6.45, 7) is 16.2. The van der Waals surface area contributed by atoms with Gasteiger partial charge >= 0.3 is 34.7 Å². The molecule has 0 unspecified atom stereocenters. The monoisotopic (exact) mass is 417 g/mol. The SMILES string of the molecule is CO[Si](OC)(OC)O[Si](C)(C)O[Si](C)(C)O[Si](C)(C)O[Si](C)C. The minimum Gasteiger partial charge on any atom is -0.437 e. The predicted octanol–water partition coefficient (Wildman–Crippen LogP) is 2.78. The average Bonchev–Trinajstić information content (AvgIpc) is 2.31. The molecule has 7 nitrogen and oxygen atoms in total. The minimum atomic E-state index is -3.15. The minimum absolute atomic E-state index is 0.816. The van der Waals surface area contributed by atoms with Gasteiger partial charge in [-0.3, -0.25) is 0 Å². The molecule has 0 amide bonds. The zero-order chi connectivity index (χ0) is 18.5. The molecule has 0 heterocycles. The quantitative estimate of drug-likeness (QED) is 0.479. The Kier molecular flexibility index (Phi) is 9.26. The van der Waals surface area contributed by atoms with Crippen LogP contribution in [0.2, 0.25) is 52.4 Å². The summed E-state index contributed by atoms with van der Waals surface area (Å²) in [6.07, 6.45) is 0. The highest BCUT2D eigenvalue weighted by Crippen LogP contribution is 2.25. The molecule has 12 heteroatoms. The third-order valence-electron chi connectivity index (χ3n) is 2.55. The molecule has 0 N–H and O–H groups in total. The van der Waals surface area contributed by atoms with E-state index >= 15 is 0 Å². The molecule has 0 spiro atoms. The largest absolute Gasteiger partial charge is 0.669 e. The lowest BCUT2D eigenvalue weighted by molar-refractivity contribution is 0.0404. The molecule has 1 radical (unpaired) electrons. The van der Waals surface area contributed by atoms with Crippen LogP contribution < -0.4 is 0 Å². The molecule has 0 fully saturated rings. The van der Waals surface area contributed by atoms with Crippen molar-refractivity contribution in [3.8, 4) is 0 Å². The van der Waals surface area contributed by atoms with Gasteiger partial charge in [0.25, 0.3) is 0 Å². The lowest BCUT2D eigenvalue weighted by Gasteiger charge is -2.40. The summed E-state index contributed by atoms with van der Waals surface area (Å²) in [5.41, 5.74) is 0. The van der Waals surface area contributed by atoms with E-state index in [9.17, 15) is 0 Å². The molecule has 0 aromatic rings. The third kappa shape index (κ3) is 9.17. The molecule has 0 aromatic heterocycles. The number of hydrogen-bond acceptors (Lipinski definition) is 7. The molecule has 0 aromatic carbocycles. The summed E-state index contributed by atoms with van der Waals surface area (Å²) in [7, 11) is -6.66. The van der Waals surface area contributed by atoms with Crippen LogP contribution in [0.5, 0.6) is 0 Å². The van der Waals surface area contributed by atoms with E-state index < -0.39 is 43.8 Å². The fourth-order valence-corrected chi connectivity index (χ4v) is 21.4. The van der Waals surface area contributed by atoms with E-state index in [2.05, 4.69) is 26.2 Å². The van der Waals surface area contributed by atoms with Crippen molar-refractivity contribution >= 4 is 43.8 Å². The highest BCUT2D eigenvalue weighted by atomic mass is 28.5. The van der Waals surface area contributed by atoms with Gasteiger partial charge in [0, 0.05) is 21.3 Å². The van der Waals surface area contributed by atoms with Crippen molar-refractivity contribution < 1.29 is 29.7 Å².